The molecule has 0 saturated carbocycles. The zero-order valence-corrected chi connectivity index (χ0v) is 11.9. The first-order valence-corrected chi connectivity index (χ1v) is 6.67. The van der Waals surface area contributed by atoms with E-state index in [1.165, 1.54) is 4.90 Å². The van der Waals surface area contributed by atoms with Crippen molar-refractivity contribution in [3.8, 4) is 11.4 Å². The van der Waals surface area contributed by atoms with E-state index in [2.05, 4.69) is 15.3 Å². The van der Waals surface area contributed by atoms with Gasteiger partial charge < -0.3 is 15.2 Å². The van der Waals surface area contributed by atoms with Gasteiger partial charge in [0.2, 0.25) is 0 Å². The number of imidazole rings is 1. The minimum atomic E-state index is -0.156. The number of hydrogen-bond acceptors (Lipinski definition) is 2. The Labute approximate surface area is 122 Å². The molecule has 1 aromatic heterocycles. The molecule has 0 bridgehead atoms. The Hall–Kier alpha value is -2.82. The molecule has 2 amide bonds. The Morgan fingerprint density at radius 3 is 2.71 bits per heavy atom. The molecule has 5 nitrogen and oxygen atoms in total. The lowest BCUT2D eigenvalue weighted by Gasteiger charge is -2.12. The number of rotatable bonds is 2. The maximum absolute atomic E-state index is 11.7. The van der Waals surface area contributed by atoms with Gasteiger partial charge in [-0.1, -0.05) is 24.3 Å². The molecule has 0 aliphatic carbocycles. The summed E-state index contributed by atoms with van der Waals surface area (Å²) in [4.78, 5) is 21.0. The number of aromatic nitrogens is 2. The van der Waals surface area contributed by atoms with Crippen LogP contribution in [0.3, 0.4) is 0 Å². The monoisotopic (exact) mass is 280 g/mol. The van der Waals surface area contributed by atoms with E-state index in [-0.39, 0.29) is 6.03 Å². The number of H-pyrrole nitrogens is 1. The van der Waals surface area contributed by atoms with Crippen LogP contribution >= 0.6 is 0 Å². The second-order valence-corrected chi connectivity index (χ2v) is 5.01. The van der Waals surface area contributed by atoms with E-state index in [0.717, 1.165) is 28.1 Å². The van der Waals surface area contributed by atoms with Gasteiger partial charge in [0.1, 0.15) is 5.82 Å². The number of urea groups is 1. The third-order valence-corrected chi connectivity index (χ3v) is 3.18. The van der Waals surface area contributed by atoms with Crippen LogP contribution in [0.2, 0.25) is 0 Å². The van der Waals surface area contributed by atoms with Crippen molar-refractivity contribution in [3.05, 3.63) is 48.5 Å². The van der Waals surface area contributed by atoms with Gasteiger partial charge in [-0.2, -0.15) is 0 Å². The van der Waals surface area contributed by atoms with E-state index in [1.807, 2.05) is 48.5 Å². The number of hydrogen-bond donors (Lipinski definition) is 2. The molecule has 0 fully saturated rings. The Bertz CT molecular complexity index is 759. The van der Waals surface area contributed by atoms with Crippen LogP contribution in [0.1, 0.15) is 0 Å². The fourth-order valence-corrected chi connectivity index (χ4v) is 2.07. The summed E-state index contributed by atoms with van der Waals surface area (Å²) in [5, 5.41) is 2.83. The van der Waals surface area contributed by atoms with Gasteiger partial charge in [0, 0.05) is 25.3 Å². The van der Waals surface area contributed by atoms with Crippen LogP contribution in [0.4, 0.5) is 10.5 Å². The number of fused-ring (bicyclic) bond motifs is 1. The molecule has 0 radical (unpaired) electrons. The molecule has 0 saturated heterocycles. The van der Waals surface area contributed by atoms with Crippen LogP contribution in [0.5, 0.6) is 0 Å². The third kappa shape index (κ3) is 2.72. The first-order chi connectivity index (χ1) is 10.1. The van der Waals surface area contributed by atoms with Gasteiger partial charge >= 0.3 is 6.03 Å². The van der Waals surface area contributed by atoms with Crippen LogP contribution in [-0.2, 0) is 0 Å². The van der Waals surface area contributed by atoms with E-state index in [4.69, 9.17) is 0 Å². The lowest BCUT2D eigenvalue weighted by molar-refractivity contribution is 0.230. The molecule has 0 atom stereocenters. The molecule has 1 heterocycles. The Balaban J connectivity index is 1.93. The average molecular weight is 280 g/mol. The number of amides is 2. The molecule has 3 aromatic rings. The number of anilines is 1. The Kier molecular flexibility index (Phi) is 3.31. The first-order valence-electron chi connectivity index (χ1n) is 6.67. The number of carbonyl (C=O) groups excluding carboxylic acids is 1. The number of nitrogens with one attached hydrogen (secondary N) is 2. The minimum Gasteiger partial charge on any atom is -0.338 e. The summed E-state index contributed by atoms with van der Waals surface area (Å²) in [6.07, 6.45) is 0. The van der Waals surface area contributed by atoms with Gasteiger partial charge in [-0.15, -0.1) is 0 Å². The SMILES string of the molecule is CN(C)C(=O)Nc1cccc(-c2nc3ccccc3[nH]2)c1. The van der Waals surface area contributed by atoms with Crippen molar-refractivity contribution in [2.24, 2.45) is 0 Å². The number of benzene rings is 2. The van der Waals surface area contributed by atoms with Gasteiger partial charge in [-0.05, 0) is 24.3 Å². The largest absolute Gasteiger partial charge is 0.338 e. The van der Waals surface area contributed by atoms with Crippen molar-refractivity contribution in [1.29, 1.82) is 0 Å². The average Bonchev–Trinajstić information content (AvgIpc) is 2.91. The van der Waals surface area contributed by atoms with Crippen LogP contribution in [0.15, 0.2) is 48.5 Å². The summed E-state index contributed by atoms with van der Waals surface area (Å²) in [7, 11) is 3.41. The third-order valence-electron chi connectivity index (χ3n) is 3.18. The van der Waals surface area contributed by atoms with Crippen molar-refractivity contribution in [2.75, 3.05) is 19.4 Å². The van der Waals surface area contributed by atoms with Crippen molar-refractivity contribution < 1.29 is 4.79 Å². The van der Waals surface area contributed by atoms with Gasteiger partial charge in [0.25, 0.3) is 0 Å². The molecule has 106 valence electrons. The van der Waals surface area contributed by atoms with Crippen molar-refractivity contribution in [3.63, 3.8) is 0 Å². The summed E-state index contributed by atoms with van der Waals surface area (Å²) in [5.41, 5.74) is 3.60. The molecular formula is C16H16N4O. The molecule has 0 aliphatic rings. The Morgan fingerprint density at radius 2 is 1.95 bits per heavy atom. The maximum atomic E-state index is 11.7. The molecule has 2 N–H and O–H groups in total. The van der Waals surface area contributed by atoms with Gasteiger partial charge in [-0.3, -0.25) is 0 Å². The molecule has 0 aliphatic heterocycles. The molecule has 3 rings (SSSR count). The van der Waals surface area contributed by atoms with E-state index in [0.29, 0.717) is 0 Å². The summed E-state index contributed by atoms with van der Waals surface area (Å²) in [6, 6.07) is 15.3. The lowest BCUT2D eigenvalue weighted by Crippen LogP contribution is -2.27. The smallest absolute Gasteiger partial charge is 0.321 e. The maximum Gasteiger partial charge on any atom is 0.321 e. The molecule has 2 aromatic carbocycles. The van der Waals surface area contributed by atoms with E-state index < -0.39 is 0 Å². The van der Waals surface area contributed by atoms with Crippen molar-refractivity contribution in [1.82, 2.24) is 14.9 Å². The highest BCUT2D eigenvalue weighted by Gasteiger charge is 2.07. The minimum absolute atomic E-state index is 0.156. The standard InChI is InChI=1S/C16H16N4O/c1-20(2)16(21)17-12-7-5-6-11(10-12)15-18-13-8-3-4-9-14(13)19-15/h3-10H,1-2H3,(H,17,21)(H,18,19). The zero-order chi connectivity index (χ0) is 14.8. The number of carbonyl (C=O) groups is 1. The molecule has 0 spiro atoms. The van der Waals surface area contributed by atoms with E-state index in [9.17, 15) is 4.79 Å². The first kappa shape index (κ1) is 13.2. The lowest BCUT2D eigenvalue weighted by atomic mass is 10.2. The summed E-state index contributed by atoms with van der Waals surface area (Å²) >= 11 is 0. The molecule has 21 heavy (non-hydrogen) atoms. The summed E-state index contributed by atoms with van der Waals surface area (Å²) in [6.45, 7) is 0. The topological polar surface area (TPSA) is 61.0 Å². The number of aromatic amines is 1. The molecule has 5 heteroatoms. The fourth-order valence-electron chi connectivity index (χ4n) is 2.07. The second-order valence-electron chi connectivity index (χ2n) is 5.01. The normalized spacial score (nSPS) is 10.6. The van der Waals surface area contributed by atoms with Crippen LogP contribution < -0.4 is 5.32 Å². The Morgan fingerprint density at radius 1 is 1.14 bits per heavy atom. The fraction of sp³-hybridized carbons (Fsp3) is 0.125. The van der Waals surface area contributed by atoms with Crippen molar-refractivity contribution in [2.45, 2.75) is 0 Å². The summed E-state index contributed by atoms with van der Waals surface area (Å²) in [5.74, 6) is 0.789. The van der Waals surface area contributed by atoms with Crippen LogP contribution in [0, 0.1) is 0 Å². The van der Waals surface area contributed by atoms with Gasteiger partial charge in [0.05, 0.1) is 11.0 Å². The number of nitrogens with zero attached hydrogens (tertiary/aromatic N) is 2. The van der Waals surface area contributed by atoms with E-state index in [1.54, 1.807) is 14.1 Å². The molecule has 0 unspecified atom stereocenters. The highest BCUT2D eigenvalue weighted by atomic mass is 16.2. The number of para-hydroxylation sites is 2. The molecular weight excluding hydrogens is 264 g/mol. The zero-order valence-electron chi connectivity index (χ0n) is 11.9. The predicted molar refractivity (Wildman–Crippen MR) is 84.2 cm³/mol. The van der Waals surface area contributed by atoms with E-state index >= 15 is 0 Å². The quantitative estimate of drug-likeness (QED) is 0.756. The van der Waals surface area contributed by atoms with Crippen LogP contribution in [-0.4, -0.2) is 35.0 Å². The van der Waals surface area contributed by atoms with Gasteiger partial charge in [-0.25, -0.2) is 9.78 Å². The highest BCUT2D eigenvalue weighted by Crippen LogP contribution is 2.23. The summed E-state index contributed by atoms with van der Waals surface area (Å²) < 4.78 is 0. The highest BCUT2D eigenvalue weighted by molar-refractivity contribution is 5.90. The van der Waals surface area contributed by atoms with Crippen LogP contribution in [0.25, 0.3) is 22.4 Å². The predicted octanol–water partition coefficient (Wildman–Crippen LogP) is 3.32. The van der Waals surface area contributed by atoms with Crippen molar-refractivity contribution >= 4 is 22.8 Å². The van der Waals surface area contributed by atoms with Gasteiger partial charge in [0.15, 0.2) is 0 Å². The second kappa shape index (κ2) is 5.28.